The van der Waals surface area contributed by atoms with Gasteiger partial charge < -0.3 is 14.2 Å². The third kappa shape index (κ3) is 48.5. The summed E-state index contributed by atoms with van der Waals surface area (Å²) in [6.45, 7) is 6.53. The number of allylic oxidation sites excluding steroid dienone is 6. The molecule has 0 heterocycles. The Kier molecular flexibility index (Phi) is 48.3. The zero-order valence-corrected chi connectivity index (χ0v) is 40.7. The summed E-state index contributed by atoms with van der Waals surface area (Å²) in [6.07, 6.45) is 58.4. The lowest BCUT2D eigenvalue weighted by molar-refractivity contribution is -0.167. The number of carbonyl (C=O) groups is 3. The van der Waals surface area contributed by atoms with Crippen LogP contribution in [0.3, 0.4) is 0 Å². The molecule has 6 nitrogen and oxygen atoms in total. The van der Waals surface area contributed by atoms with Gasteiger partial charge in [0.05, 0.1) is 0 Å². The number of ether oxygens (including phenoxy) is 3. The second-order valence-electron chi connectivity index (χ2n) is 17.8. The summed E-state index contributed by atoms with van der Waals surface area (Å²) in [5.74, 6) is -0.884. The van der Waals surface area contributed by atoms with E-state index in [-0.39, 0.29) is 31.1 Å². The zero-order valence-electron chi connectivity index (χ0n) is 40.7. The van der Waals surface area contributed by atoms with Crippen LogP contribution in [0.1, 0.15) is 278 Å². The predicted octanol–water partition coefficient (Wildman–Crippen LogP) is 17.3. The monoisotopic (exact) mass is 857 g/mol. The van der Waals surface area contributed by atoms with E-state index in [9.17, 15) is 14.4 Å². The molecule has 1 atom stereocenters. The molecule has 1 unspecified atom stereocenters. The van der Waals surface area contributed by atoms with E-state index in [4.69, 9.17) is 14.2 Å². The van der Waals surface area contributed by atoms with Crippen molar-refractivity contribution in [2.45, 2.75) is 284 Å². The SMILES string of the molecule is CC/C=C\C/C=C\CCCCCCCC(=O)OCC(COC(=O)CCCCCCCCC/C=C\CCCCCCCC)OC(=O)CCCCCCCCCCCCCCCC. The average molecular weight is 857 g/mol. The van der Waals surface area contributed by atoms with Crippen LogP contribution in [-0.4, -0.2) is 37.2 Å². The van der Waals surface area contributed by atoms with E-state index >= 15 is 0 Å². The second-order valence-corrected chi connectivity index (χ2v) is 17.8. The smallest absolute Gasteiger partial charge is 0.306 e. The van der Waals surface area contributed by atoms with Gasteiger partial charge in [-0.15, -0.1) is 0 Å². The lowest BCUT2D eigenvalue weighted by atomic mass is 10.0. The molecule has 0 saturated carbocycles. The topological polar surface area (TPSA) is 78.9 Å². The highest BCUT2D eigenvalue weighted by Crippen LogP contribution is 2.16. The molecule has 0 rings (SSSR count). The van der Waals surface area contributed by atoms with Gasteiger partial charge in [-0.25, -0.2) is 0 Å². The molecule has 0 aromatic carbocycles. The Morgan fingerprint density at radius 1 is 0.344 bits per heavy atom. The highest BCUT2D eigenvalue weighted by Gasteiger charge is 2.19. The number of hydrogen-bond acceptors (Lipinski definition) is 6. The molecule has 6 heteroatoms. The molecule has 0 spiro atoms. The van der Waals surface area contributed by atoms with Crippen molar-refractivity contribution in [3.05, 3.63) is 36.5 Å². The minimum Gasteiger partial charge on any atom is -0.462 e. The van der Waals surface area contributed by atoms with E-state index in [0.29, 0.717) is 19.3 Å². The first-order valence-corrected chi connectivity index (χ1v) is 26.5. The van der Waals surface area contributed by atoms with Crippen molar-refractivity contribution in [1.82, 2.24) is 0 Å². The molecule has 0 aliphatic rings. The first-order valence-electron chi connectivity index (χ1n) is 26.5. The van der Waals surface area contributed by atoms with Gasteiger partial charge in [-0.05, 0) is 70.6 Å². The largest absolute Gasteiger partial charge is 0.462 e. The van der Waals surface area contributed by atoms with E-state index in [1.165, 1.54) is 154 Å². The molecular weight excluding hydrogens is 757 g/mol. The summed E-state index contributed by atoms with van der Waals surface area (Å²) in [5, 5.41) is 0. The van der Waals surface area contributed by atoms with Crippen LogP contribution >= 0.6 is 0 Å². The lowest BCUT2D eigenvalue weighted by Crippen LogP contribution is -2.30. The fraction of sp³-hybridized carbons (Fsp3) is 0.836. The first-order chi connectivity index (χ1) is 30.0. The molecule has 0 radical (unpaired) electrons. The van der Waals surface area contributed by atoms with Crippen LogP contribution in [0, 0.1) is 0 Å². The summed E-state index contributed by atoms with van der Waals surface area (Å²) < 4.78 is 16.8. The van der Waals surface area contributed by atoms with Crippen molar-refractivity contribution < 1.29 is 28.6 Å². The molecule has 0 aromatic rings. The van der Waals surface area contributed by atoms with E-state index in [0.717, 1.165) is 83.5 Å². The summed E-state index contributed by atoms with van der Waals surface area (Å²) in [4.78, 5) is 38.0. The summed E-state index contributed by atoms with van der Waals surface area (Å²) in [6, 6.07) is 0. The zero-order chi connectivity index (χ0) is 44.4. The van der Waals surface area contributed by atoms with Crippen LogP contribution in [0.4, 0.5) is 0 Å². The first kappa shape index (κ1) is 58.6. The van der Waals surface area contributed by atoms with Crippen molar-refractivity contribution in [2.75, 3.05) is 13.2 Å². The van der Waals surface area contributed by atoms with Gasteiger partial charge >= 0.3 is 17.9 Å². The quantitative estimate of drug-likeness (QED) is 0.0262. The van der Waals surface area contributed by atoms with Gasteiger partial charge in [0.1, 0.15) is 13.2 Å². The van der Waals surface area contributed by atoms with E-state index in [1.807, 2.05) is 0 Å². The van der Waals surface area contributed by atoms with Crippen molar-refractivity contribution in [3.8, 4) is 0 Å². The van der Waals surface area contributed by atoms with Gasteiger partial charge in [-0.3, -0.25) is 14.4 Å². The molecule has 0 aliphatic carbocycles. The van der Waals surface area contributed by atoms with Crippen molar-refractivity contribution in [2.24, 2.45) is 0 Å². The maximum Gasteiger partial charge on any atom is 0.306 e. The van der Waals surface area contributed by atoms with Gasteiger partial charge in [0, 0.05) is 19.3 Å². The normalized spacial score (nSPS) is 12.2. The summed E-state index contributed by atoms with van der Waals surface area (Å²) in [5.41, 5.74) is 0. The van der Waals surface area contributed by atoms with Gasteiger partial charge in [-0.2, -0.15) is 0 Å². The fourth-order valence-corrected chi connectivity index (χ4v) is 7.65. The average Bonchev–Trinajstić information content (AvgIpc) is 3.26. The second kappa shape index (κ2) is 50.3. The number of esters is 3. The summed E-state index contributed by atoms with van der Waals surface area (Å²) >= 11 is 0. The van der Waals surface area contributed by atoms with Crippen LogP contribution in [0.2, 0.25) is 0 Å². The minimum absolute atomic E-state index is 0.0761. The molecule has 0 fully saturated rings. The fourth-order valence-electron chi connectivity index (χ4n) is 7.65. The Labute approximate surface area is 378 Å². The Hall–Kier alpha value is -2.37. The Morgan fingerprint density at radius 2 is 0.639 bits per heavy atom. The highest BCUT2D eigenvalue weighted by molar-refractivity contribution is 5.71. The number of unbranched alkanes of at least 4 members (excludes halogenated alkanes) is 31. The van der Waals surface area contributed by atoms with Crippen LogP contribution < -0.4 is 0 Å². The van der Waals surface area contributed by atoms with E-state index in [2.05, 4.69) is 57.2 Å². The third-order valence-corrected chi connectivity index (χ3v) is 11.6. The van der Waals surface area contributed by atoms with Gasteiger partial charge in [0.25, 0.3) is 0 Å². The highest BCUT2D eigenvalue weighted by atomic mass is 16.6. The number of hydrogen-bond donors (Lipinski definition) is 0. The van der Waals surface area contributed by atoms with Crippen molar-refractivity contribution >= 4 is 17.9 Å². The number of rotatable bonds is 48. The van der Waals surface area contributed by atoms with Gasteiger partial charge in [0.15, 0.2) is 6.10 Å². The molecule has 356 valence electrons. The molecule has 61 heavy (non-hydrogen) atoms. The van der Waals surface area contributed by atoms with E-state index in [1.54, 1.807) is 0 Å². The molecule has 0 amide bonds. The third-order valence-electron chi connectivity index (χ3n) is 11.6. The van der Waals surface area contributed by atoms with Crippen LogP contribution in [-0.2, 0) is 28.6 Å². The molecule has 0 aliphatic heterocycles. The van der Waals surface area contributed by atoms with Crippen molar-refractivity contribution in [1.29, 1.82) is 0 Å². The number of carbonyl (C=O) groups excluding carboxylic acids is 3. The standard InChI is InChI=1S/C55H100O6/c1-4-7-10-13-16-19-22-25-27-28-29-31-33-36-39-42-45-48-54(57)60-51-52(50-59-53(56)47-44-41-38-35-32-24-21-18-15-12-9-6-3)61-55(58)49-46-43-40-37-34-30-26-23-20-17-14-11-8-5-2/h9,12,18,21,25,27,52H,4-8,10-11,13-17,19-20,22-24,26,28-51H2,1-3H3/b12-9-,21-18-,27-25-. The Morgan fingerprint density at radius 3 is 1.00 bits per heavy atom. The predicted molar refractivity (Wildman–Crippen MR) is 261 cm³/mol. The van der Waals surface area contributed by atoms with Gasteiger partial charge in [0.2, 0.25) is 0 Å². The maximum absolute atomic E-state index is 12.8. The molecule has 0 bridgehead atoms. The molecular formula is C55H100O6. The van der Waals surface area contributed by atoms with Crippen molar-refractivity contribution in [3.63, 3.8) is 0 Å². The van der Waals surface area contributed by atoms with Crippen LogP contribution in [0.25, 0.3) is 0 Å². The Balaban J connectivity index is 4.34. The molecule has 0 saturated heterocycles. The van der Waals surface area contributed by atoms with Crippen LogP contribution in [0.5, 0.6) is 0 Å². The van der Waals surface area contributed by atoms with Crippen LogP contribution in [0.15, 0.2) is 36.5 Å². The maximum atomic E-state index is 12.8. The van der Waals surface area contributed by atoms with E-state index < -0.39 is 6.10 Å². The summed E-state index contributed by atoms with van der Waals surface area (Å²) in [7, 11) is 0. The van der Waals surface area contributed by atoms with Gasteiger partial charge in [-0.1, -0.05) is 224 Å². The minimum atomic E-state index is -0.775. The molecule has 0 aromatic heterocycles. The molecule has 0 N–H and O–H groups in total. The lowest BCUT2D eigenvalue weighted by Gasteiger charge is -2.18. The Bertz CT molecular complexity index is 1030.